The van der Waals surface area contributed by atoms with E-state index in [4.69, 9.17) is 9.84 Å². The summed E-state index contributed by atoms with van der Waals surface area (Å²) < 4.78 is 31.3. The van der Waals surface area contributed by atoms with Gasteiger partial charge in [0.05, 0.1) is 23.2 Å². The fourth-order valence-electron chi connectivity index (χ4n) is 4.82. The topological polar surface area (TPSA) is 80.7 Å². The van der Waals surface area contributed by atoms with E-state index in [0.717, 1.165) is 38.5 Å². The number of sulfone groups is 1. The minimum Gasteiger partial charge on any atom is -0.481 e. The number of aliphatic carboxylic acids is 1. The van der Waals surface area contributed by atoms with Crippen LogP contribution in [0.25, 0.3) is 0 Å². The minimum absolute atomic E-state index is 0.129. The Balaban J connectivity index is 1.38. The molecule has 2 fully saturated rings. The molecule has 0 spiro atoms. The van der Waals surface area contributed by atoms with Gasteiger partial charge in [0.25, 0.3) is 0 Å². The molecule has 5 nitrogen and oxygen atoms in total. The molecule has 3 atom stereocenters. The van der Waals surface area contributed by atoms with Crippen molar-refractivity contribution in [2.45, 2.75) is 75.9 Å². The van der Waals surface area contributed by atoms with Gasteiger partial charge in [-0.3, -0.25) is 4.79 Å². The monoisotopic (exact) mass is 434 g/mol. The third-order valence-corrected chi connectivity index (χ3v) is 8.20. The third-order valence-electron chi connectivity index (χ3n) is 6.43. The summed E-state index contributed by atoms with van der Waals surface area (Å²) in [6.07, 6.45) is 12.0. The Bertz CT molecular complexity index is 817. The molecule has 2 saturated heterocycles. The predicted octanol–water partition coefficient (Wildman–Crippen LogP) is 4.56. The molecule has 1 N–H and O–H groups in total. The van der Waals surface area contributed by atoms with Crippen LogP contribution in [0.1, 0.15) is 63.4 Å². The van der Waals surface area contributed by atoms with Crippen molar-refractivity contribution >= 4 is 15.8 Å². The van der Waals surface area contributed by atoms with E-state index in [1.807, 2.05) is 30.3 Å². The zero-order valence-corrected chi connectivity index (χ0v) is 18.5. The summed E-state index contributed by atoms with van der Waals surface area (Å²) in [5, 5.41) is 8.68. The molecule has 1 aromatic carbocycles. The highest BCUT2D eigenvalue weighted by molar-refractivity contribution is 7.91. The largest absolute Gasteiger partial charge is 0.481 e. The van der Waals surface area contributed by atoms with Crippen molar-refractivity contribution in [2.75, 3.05) is 11.5 Å². The van der Waals surface area contributed by atoms with Gasteiger partial charge in [0.2, 0.25) is 0 Å². The first-order valence-corrected chi connectivity index (χ1v) is 13.0. The van der Waals surface area contributed by atoms with E-state index in [9.17, 15) is 13.2 Å². The van der Waals surface area contributed by atoms with E-state index in [2.05, 4.69) is 12.2 Å². The van der Waals surface area contributed by atoms with Crippen molar-refractivity contribution < 1.29 is 23.1 Å². The second-order valence-electron chi connectivity index (χ2n) is 8.83. The molecule has 0 aromatic heterocycles. The van der Waals surface area contributed by atoms with Crippen LogP contribution in [0.4, 0.5) is 0 Å². The van der Waals surface area contributed by atoms with Crippen LogP contribution in [-0.4, -0.2) is 42.7 Å². The van der Waals surface area contributed by atoms with Gasteiger partial charge in [0, 0.05) is 6.42 Å². The summed E-state index contributed by atoms with van der Waals surface area (Å²) in [5.74, 6) is 0.0956. The van der Waals surface area contributed by atoms with Crippen molar-refractivity contribution in [3.05, 3.63) is 48.0 Å². The summed E-state index contributed by atoms with van der Waals surface area (Å²) in [5.41, 5.74) is 1.06. The molecular formula is C24H34O5S. The maximum absolute atomic E-state index is 12.5. The third kappa shape index (κ3) is 6.95. The summed E-state index contributed by atoms with van der Waals surface area (Å²) in [7, 11) is -3.03. The van der Waals surface area contributed by atoms with Gasteiger partial charge in [0.1, 0.15) is 9.84 Å². The van der Waals surface area contributed by atoms with Crippen molar-refractivity contribution in [3.63, 3.8) is 0 Å². The number of allylic oxidation sites excluding steroid dienone is 1. The van der Waals surface area contributed by atoms with Crippen LogP contribution in [0.3, 0.4) is 0 Å². The second-order valence-corrected chi connectivity index (χ2v) is 11.1. The van der Waals surface area contributed by atoms with Crippen molar-refractivity contribution in [1.82, 2.24) is 0 Å². The number of fused-ring (bicyclic) bond motifs is 2. The summed E-state index contributed by atoms with van der Waals surface area (Å²) in [6.45, 7) is 0. The molecule has 0 amide bonds. The standard InChI is InChI=1S/C24H34O5S/c25-23(26)12-6-1-2-7-15-24-16-13-22(29-24)21(19-24)14-18-30(27,28)17-8-11-20-9-4-3-5-10-20/h2-5,7,9-10,21-22H,1,6,8,11-19H2,(H,25,26)/t21-,22-,24+/m1/s1. The zero-order chi connectivity index (χ0) is 21.5. The van der Waals surface area contributed by atoms with Crippen molar-refractivity contribution in [1.29, 1.82) is 0 Å². The maximum atomic E-state index is 12.5. The molecule has 0 radical (unpaired) electrons. The lowest BCUT2D eigenvalue weighted by atomic mass is 9.78. The molecule has 2 aliphatic heterocycles. The van der Waals surface area contributed by atoms with E-state index in [0.29, 0.717) is 25.2 Å². The quantitative estimate of drug-likeness (QED) is 0.363. The molecule has 0 aliphatic carbocycles. The van der Waals surface area contributed by atoms with Gasteiger partial charge in [-0.15, -0.1) is 0 Å². The van der Waals surface area contributed by atoms with Crippen LogP contribution < -0.4 is 0 Å². The van der Waals surface area contributed by atoms with Gasteiger partial charge in [-0.05, 0) is 69.3 Å². The van der Waals surface area contributed by atoms with Crippen LogP contribution in [0, 0.1) is 5.92 Å². The molecule has 0 saturated carbocycles. The van der Waals surface area contributed by atoms with E-state index in [1.165, 1.54) is 5.56 Å². The van der Waals surface area contributed by atoms with Crippen LogP contribution in [0.2, 0.25) is 0 Å². The van der Waals surface area contributed by atoms with E-state index in [-0.39, 0.29) is 29.6 Å². The number of benzene rings is 1. The Kier molecular flexibility index (Phi) is 8.12. The first-order chi connectivity index (χ1) is 14.4. The molecular weight excluding hydrogens is 400 g/mol. The van der Waals surface area contributed by atoms with Gasteiger partial charge in [-0.25, -0.2) is 8.42 Å². The number of carboxylic acids is 1. The molecule has 6 heteroatoms. The van der Waals surface area contributed by atoms with Gasteiger partial charge < -0.3 is 9.84 Å². The average molecular weight is 435 g/mol. The normalized spacial score (nSPS) is 25.9. The number of aryl methyl sites for hydroxylation is 1. The highest BCUT2D eigenvalue weighted by Crippen LogP contribution is 2.50. The van der Waals surface area contributed by atoms with Crippen molar-refractivity contribution in [2.24, 2.45) is 5.92 Å². The van der Waals surface area contributed by atoms with Crippen LogP contribution in [0.15, 0.2) is 42.5 Å². The average Bonchev–Trinajstić information content (AvgIpc) is 3.28. The van der Waals surface area contributed by atoms with Crippen LogP contribution in [0.5, 0.6) is 0 Å². The number of hydrogen-bond donors (Lipinski definition) is 1. The van der Waals surface area contributed by atoms with Crippen LogP contribution in [-0.2, 0) is 25.8 Å². The summed E-state index contributed by atoms with van der Waals surface area (Å²) in [4.78, 5) is 10.5. The Morgan fingerprint density at radius 2 is 1.97 bits per heavy atom. The Morgan fingerprint density at radius 3 is 2.73 bits per heavy atom. The Morgan fingerprint density at radius 1 is 1.17 bits per heavy atom. The van der Waals surface area contributed by atoms with E-state index in [1.54, 1.807) is 0 Å². The lowest BCUT2D eigenvalue weighted by Gasteiger charge is -2.25. The maximum Gasteiger partial charge on any atom is 0.303 e. The van der Waals surface area contributed by atoms with Gasteiger partial charge in [-0.1, -0.05) is 42.5 Å². The predicted molar refractivity (Wildman–Crippen MR) is 118 cm³/mol. The number of carbonyl (C=O) groups is 1. The van der Waals surface area contributed by atoms with E-state index < -0.39 is 15.8 Å². The van der Waals surface area contributed by atoms with Crippen LogP contribution >= 0.6 is 0 Å². The summed E-state index contributed by atoms with van der Waals surface area (Å²) >= 11 is 0. The molecule has 2 aliphatic rings. The van der Waals surface area contributed by atoms with Gasteiger partial charge >= 0.3 is 5.97 Å². The lowest BCUT2D eigenvalue weighted by Crippen LogP contribution is -2.27. The highest BCUT2D eigenvalue weighted by Gasteiger charge is 2.50. The molecule has 3 rings (SSSR count). The number of ether oxygens (including phenoxy) is 1. The fraction of sp³-hybridized carbons (Fsp3) is 0.625. The number of rotatable bonds is 13. The molecule has 30 heavy (non-hydrogen) atoms. The number of carboxylic acid groups (broad SMARTS) is 1. The highest BCUT2D eigenvalue weighted by atomic mass is 32.2. The Labute approximate surface area is 180 Å². The minimum atomic E-state index is -3.03. The zero-order valence-electron chi connectivity index (χ0n) is 17.7. The molecule has 2 heterocycles. The molecule has 166 valence electrons. The molecule has 1 aromatic rings. The van der Waals surface area contributed by atoms with Gasteiger partial charge in [0.15, 0.2) is 0 Å². The van der Waals surface area contributed by atoms with Gasteiger partial charge in [-0.2, -0.15) is 0 Å². The second kappa shape index (κ2) is 10.6. The first-order valence-electron chi connectivity index (χ1n) is 11.2. The summed E-state index contributed by atoms with van der Waals surface area (Å²) in [6, 6.07) is 10.0. The number of unbranched alkanes of at least 4 members (excludes halogenated alkanes) is 1. The number of hydrogen-bond acceptors (Lipinski definition) is 4. The van der Waals surface area contributed by atoms with Crippen molar-refractivity contribution in [3.8, 4) is 0 Å². The fourth-order valence-corrected chi connectivity index (χ4v) is 6.27. The van der Waals surface area contributed by atoms with E-state index >= 15 is 0 Å². The first kappa shape index (κ1) is 23.0. The smallest absolute Gasteiger partial charge is 0.303 e. The lowest BCUT2D eigenvalue weighted by molar-refractivity contribution is -0.137. The SMILES string of the molecule is O=C(O)CCCC=CC[C@@]12CC[C@@H](O1)[C@H](CCS(=O)(=O)CCCc1ccccc1)C2. The molecule has 2 bridgehead atoms. The Hall–Kier alpha value is -1.66. The molecule has 0 unspecified atom stereocenters.